The lowest BCUT2D eigenvalue weighted by atomic mass is 9.79. The Morgan fingerprint density at radius 1 is 0.905 bits per heavy atom. The van der Waals surface area contributed by atoms with Crippen LogP contribution in [0.3, 0.4) is 0 Å². The minimum Gasteiger partial charge on any atom is -0.207 e. The first-order valence-electron chi connectivity index (χ1n) is 6.68. The third-order valence-corrected chi connectivity index (χ3v) is 4.93. The molecule has 0 spiro atoms. The largest absolute Gasteiger partial charge is 0.207 e. The van der Waals surface area contributed by atoms with Crippen LogP contribution < -0.4 is 0 Å². The predicted octanol–water partition coefficient (Wildman–Crippen LogP) is 5.73. The van der Waals surface area contributed by atoms with Gasteiger partial charge in [-0.1, -0.05) is 41.9 Å². The summed E-state index contributed by atoms with van der Waals surface area (Å²) in [5, 5.41) is 0.518. The summed E-state index contributed by atoms with van der Waals surface area (Å²) in [6.45, 7) is 0. The lowest BCUT2D eigenvalue weighted by molar-refractivity contribution is 0.367. The van der Waals surface area contributed by atoms with Crippen molar-refractivity contribution < 1.29 is 4.39 Å². The zero-order chi connectivity index (χ0) is 15.3. The highest BCUT2D eigenvalue weighted by atomic mass is 35.5. The number of benzene rings is 2. The third kappa shape index (κ3) is 4.35. The van der Waals surface area contributed by atoms with E-state index in [4.69, 9.17) is 34.8 Å². The number of rotatable bonds is 6. The van der Waals surface area contributed by atoms with Crippen LogP contribution in [-0.2, 0) is 12.8 Å². The molecular weight excluding hydrogens is 330 g/mol. The fraction of sp³-hybridized carbons (Fsp3) is 0.294. The first-order valence-corrected chi connectivity index (χ1v) is 8.13. The van der Waals surface area contributed by atoms with E-state index in [1.807, 2.05) is 30.3 Å². The standard InChI is InChI=1S/C17H16Cl3F/c18-11-17(12-19,9-13-4-2-1-3-5-13)10-14-8-15(20)6-7-16(14)21/h1-8H,9-12H2. The summed E-state index contributed by atoms with van der Waals surface area (Å²) in [5.41, 5.74) is 1.30. The van der Waals surface area contributed by atoms with Gasteiger partial charge in [0.2, 0.25) is 0 Å². The van der Waals surface area contributed by atoms with Gasteiger partial charge in [0, 0.05) is 22.2 Å². The Morgan fingerprint density at radius 3 is 2.19 bits per heavy atom. The SMILES string of the molecule is Fc1ccc(Cl)cc1CC(CCl)(CCl)Cc1ccccc1. The summed E-state index contributed by atoms with van der Waals surface area (Å²) >= 11 is 18.3. The van der Waals surface area contributed by atoms with Gasteiger partial charge in [0.25, 0.3) is 0 Å². The molecule has 0 nitrogen and oxygen atoms in total. The van der Waals surface area contributed by atoms with Gasteiger partial charge in [0.1, 0.15) is 5.82 Å². The van der Waals surface area contributed by atoms with Gasteiger partial charge in [-0.25, -0.2) is 4.39 Å². The summed E-state index contributed by atoms with van der Waals surface area (Å²) in [7, 11) is 0. The molecule has 0 unspecified atom stereocenters. The second kappa shape index (κ2) is 7.49. The van der Waals surface area contributed by atoms with Gasteiger partial charge >= 0.3 is 0 Å². The average molecular weight is 346 g/mol. The molecule has 0 bridgehead atoms. The van der Waals surface area contributed by atoms with E-state index in [-0.39, 0.29) is 5.82 Å². The van der Waals surface area contributed by atoms with Crippen LogP contribution in [0.4, 0.5) is 4.39 Å². The minimum absolute atomic E-state index is 0.271. The van der Waals surface area contributed by atoms with Crippen molar-refractivity contribution >= 4 is 34.8 Å². The van der Waals surface area contributed by atoms with Gasteiger partial charge in [0.15, 0.2) is 0 Å². The monoisotopic (exact) mass is 344 g/mol. The predicted molar refractivity (Wildman–Crippen MR) is 89.1 cm³/mol. The first kappa shape index (κ1) is 16.6. The Hall–Kier alpha value is -0.760. The van der Waals surface area contributed by atoms with Crippen molar-refractivity contribution in [3.05, 3.63) is 70.5 Å². The van der Waals surface area contributed by atoms with Crippen LogP contribution in [0.2, 0.25) is 5.02 Å². The van der Waals surface area contributed by atoms with E-state index in [1.54, 1.807) is 12.1 Å². The van der Waals surface area contributed by atoms with E-state index in [2.05, 4.69) is 0 Å². The molecular formula is C17H16Cl3F. The van der Waals surface area contributed by atoms with E-state index >= 15 is 0 Å². The molecule has 0 N–H and O–H groups in total. The Kier molecular flexibility index (Phi) is 5.92. The van der Waals surface area contributed by atoms with Crippen LogP contribution in [0, 0.1) is 11.2 Å². The Labute approximate surface area is 139 Å². The Bertz CT molecular complexity index is 580. The molecule has 0 aliphatic carbocycles. The molecule has 2 aromatic carbocycles. The van der Waals surface area contributed by atoms with Crippen LogP contribution >= 0.6 is 34.8 Å². The smallest absolute Gasteiger partial charge is 0.126 e. The van der Waals surface area contributed by atoms with E-state index in [1.165, 1.54) is 6.07 Å². The zero-order valence-electron chi connectivity index (χ0n) is 11.5. The van der Waals surface area contributed by atoms with Crippen LogP contribution in [0.5, 0.6) is 0 Å². The molecule has 2 aromatic rings. The van der Waals surface area contributed by atoms with Crippen LogP contribution in [0.15, 0.2) is 48.5 Å². The highest BCUT2D eigenvalue weighted by molar-refractivity contribution is 6.30. The lowest BCUT2D eigenvalue weighted by Gasteiger charge is -2.30. The first-order chi connectivity index (χ1) is 10.1. The van der Waals surface area contributed by atoms with E-state index in [9.17, 15) is 4.39 Å². The molecule has 0 saturated carbocycles. The van der Waals surface area contributed by atoms with Gasteiger partial charge in [0.05, 0.1) is 0 Å². The maximum atomic E-state index is 14.0. The normalized spacial score (nSPS) is 11.6. The second-order valence-electron chi connectivity index (χ2n) is 5.34. The van der Waals surface area contributed by atoms with Crippen LogP contribution in [-0.4, -0.2) is 11.8 Å². The number of halogens is 4. The lowest BCUT2D eigenvalue weighted by Crippen LogP contribution is -2.31. The molecule has 0 amide bonds. The molecule has 4 heteroatoms. The molecule has 0 radical (unpaired) electrons. The van der Waals surface area contributed by atoms with Crippen molar-refractivity contribution in [2.75, 3.05) is 11.8 Å². The molecule has 2 rings (SSSR count). The minimum atomic E-state index is -0.393. The highest BCUT2D eigenvalue weighted by Gasteiger charge is 2.30. The van der Waals surface area contributed by atoms with Gasteiger partial charge in [-0.05, 0) is 42.2 Å². The molecule has 112 valence electrons. The summed E-state index contributed by atoms with van der Waals surface area (Å²) in [5.74, 6) is 0.446. The number of alkyl halides is 2. The summed E-state index contributed by atoms with van der Waals surface area (Å²) in [4.78, 5) is 0. The molecule has 0 atom stereocenters. The summed E-state index contributed by atoms with van der Waals surface area (Å²) in [6.07, 6.45) is 1.16. The van der Waals surface area contributed by atoms with E-state index < -0.39 is 5.41 Å². The van der Waals surface area contributed by atoms with Crippen molar-refractivity contribution in [1.82, 2.24) is 0 Å². The average Bonchev–Trinajstić information content (AvgIpc) is 2.51. The summed E-state index contributed by atoms with van der Waals surface area (Å²) in [6, 6.07) is 14.5. The fourth-order valence-corrected chi connectivity index (χ4v) is 3.26. The van der Waals surface area contributed by atoms with E-state index in [0.717, 1.165) is 5.56 Å². The molecule has 21 heavy (non-hydrogen) atoms. The third-order valence-electron chi connectivity index (χ3n) is 3.56. The maximum Gasteiger partial charge on any atom is 0.126 e. The van der Waals surface area contributed by atoms with Crippen molar-refractivity contribution in [2.24, 2.45) is 5.41 Å². The quantitative estimate of drug-likeness (QED) is 0.587. The van der Waals surface area contributed by atoms with Crippen molar-refractivity contribution in [3.8, 4) is 0 Å². The molecule has 0 aliphatic heterocycles. The topological polar surface area (TPSA) is 0 Å². The summed E-state index contributed by atoms with van der Waals surface area (Å²) < 4.78 is 14.0. The van der Waals surface area contributed by atoms with Gasteiger partial charge in [-0.15, -0.1) is 23.2 Å². The van der Waals surface area contributed by atoms with Gasteiger partial charge in [-0.3, -0.25) is 0 Å². The Balaban J connectivity index is 2.27. The molecule has 0 fully saturated rings. The van der Waals surface area contributed by atoms with Crippen molar-refractivity contribution in [1.29, 1.82) is 0 Å². The zero-order valence-corrected chi connectivity index (χ0v) is 13.7. The molecule has 0 saturated heterocycles. The van der Waals surface area contributed by atoms with Gasteiger partial charge in [-0.2, -0.15) is 0 Å². The fourth-order valence-electron chi connectivity index (χ4n) is 2.40. The second-order valence-corrected chi connectivity index (χ2v) is 6.31. The van der Waals surface area contributed by atoms with Crippen LogP contribution in [0.1, 0.15) is 11.1 Å². The van der Waals surface area contributed by atoms with Crippen molar-refractivity contribution in [3.63, 3.8) is 0 Å². The van der Waals surface area contributed by atoms with Crippen molar-refractivity contribution in [2.45, 2.75) is 12.8 Å². The number of hydrogen-bond donors (Lipinski definition) is 0. The number of hydrogen-bond acceptors (Lipinski definition) is 0. The molecule has 0 aromatic heterocycles. The highest BCUT2D eigenvalue weighted by Crippen LogP contribution is 2.32. The van der Waals surface area contributed by atoms with E-state index in [0.29, 0.717) is 35.2 Å². The maximum absolute atomic E-state index is 14.0. The van der Waals surface area contributed by atoms with Gasteiger partial charge < -0.3 is 0 Å². The molecule has 0 heterocycles. The molecule has 0 aliphatic rings. The Morgan fingerprint density at radius 2 is 1.57 bits per heavy atom. The van der Waals surface area contributed by atoms with Crippen LogP contribution in [0.25, 0.3) is 0 Å².